The summed E-state index contributed by atoms with van der Waals surface area (Å²) in [6.07, 6.45) is 7.94. The van der Waals surface area contributed by atoms with E-state index in [9.17, 15) is 14.4 Å². The Kier molecular flexibility index (Phi) is 8.57. The molecule has 8 heteroatoms. The number of nitrogens with zero attached hydrogens (tertiary/aromatic N) is 1. The molecule has 3 aliphatic heterocycles. The molecule has 1 aromatic carbocycles. The summed E-state index contributed by atoms with van der Waals surface area (Å²) in [4.78, 5) is 41.4. The number of carbonyl (C=O) groups excluding carboxylic acids is 3. The molecular formula is C27H37N3O5. The van der Waals surface area contributed by atoms with Crippen LogP contribution in [-0.2, 0) is 30.3 Å². The summed E-state index contributed by atoms with van der Waals surface area (Å²) in [7, 11) is 1.52. The molecule has 190 valence electrons. The fourth-order valence-electron chi connectivity index (χ4n) is 5.42. The molecule has 0 saturated carbocycles. The number of fused-ring (bicyclic) bond motifs is 1. The zero-order chi connectivity index (χ0) is 24.7. The van der Waals surface area contributed by atoms with Crippen molar-refractivity contribution in [2.24, 2.45) is 11.3 Å². The molecule has 0 aliphatic carbocycles. The summed E-state index contributed by atoms with van der Waals surface area (Å²) in [5.41, 5.74) is 0.424. The van der Waals surface area contributed by atoms with E-state index in [-0.39, 0.29) is 36.3 Å². The number of hydrogen-bond acceptors (Lipinski definition) is 5. The minimum Gasteiger partial charge on any atom is -0.381 e. The van der Waals surface area contributed by atoms with E-state index in [0.717, 1.165) is 12.0 Å². The van der Waals surface area contributed by atoms with Crippen LogP contribution in [-0.4, -0.2) is 74.7 Å². The molecule has 8 nitrogen and oxygen atoms in total. The molecule has 2 saturated heterocycles. The van der Waals surface area contributed by atoms with Crippen molar-refractivity contribution in [2.75, 3.05) is 40.0 Å². The van der Waals surface area contributed by atoms with E-state index in [1.807, 2.05) is 35.2 Å². The van der Waals surface area contributed by atoms with Crippen molar-refractivity contribution >= 4 is 17.7 Å². The SMILES string of the molecule is COCC(=O)N1CC[C@@H]2NC(=O)[C@@H](Cc3ccccc3)NC(=O)C3(C/C=C/C[C@@H]2C1)CCOCC3. The van der Waals surface area contributed by atoms with Crippen LogP contribution in [0.25, 0.3) is 0 Å². The first-order valence-corrected chi connectivity index (χ1v) is 12.7. The Morgan fingerprint density at radius 1 is 1.14 bits per heavy atom. The van der Waals surface area contributed by atoms with Gasteiger partial charge in [0, 0.05) is 51.8 Å². The summed E-state index contributed by atoms with van der Waals surface area (Å²) >= 11 is 0. The summed E-state index contributed by atoms with van der Waals surface area (Å²) in [6.45, 7) is 2.30. The Morgan fingerprint density at radius 3 is 2.66 bits per heavy atom. The van der Waals surface area contributed by atoms with E-state index in [1.165, 1.54) is 7.11 Å². The number of carbonyl (C=O) groups is 3. The third kappa shape index (κ3) is 6.30. The number of hydrogen-bond donors (Lipinski definition) is 2. The highest BCUT2D eigenvalue weighted by molar-refractivity contribution is 5.90. The summed E-state index contributed by atoms with van der Waals surface area (Å²) in [6, 6.07) is 9.05. The number of amides is 3. The Hall–Kier alpha value is -2.71. The number of benzene rings is 1. The molecule has 4 rings (SSSR count). The van der Waals surface area contributed by atoms with Crippen LogP contribution in [0.1, 0.15) is 37.7 Å². The van der Waals surface area contributed by atoms with Gasteiger partial charge in [-0.25, -0.2) is 0 Å². The van der Waals surface area contributed by atoms with Crippen LogP contribution in [0.15, 0.2) is 42.5 Å². The van der Waals surface area contributed by atoms with E-state index in [4.69, 9.17) is 9.47 Å². The molecular weight excluding hydrogens is 446 g/mol. The first-order chi connectivity index (χ1) is 17.0. The summed E-state index contributed by atoms with van der Waals surface area (Å²) < 4.78 is 10.6. The molecule has 2 fully saturated rings. The number of ether oxygens (including phenoxy) is 2. The maximum absolute atomic E-state index is 13.6. The highest BCUT2D eigenvalue weighted by Gasteiger charge is 2.41. The Morgan fingerprint density at radius 2 is 1.91 bits per heavy atom. The van der Waals surface area contributed by atoms with Crippen molar-refractivity contribution in [3.8, 4) is 0 Å². The van der Waals surface area contributed by atoms with Gasteiger partial charge in [0.25, 0.3) is 0 Å². The quantitative estimate of drug-likeness (QED) is 0.637. The molecule has 3 atom stereocenters. The monoisotopic (exact) mass is 483 g/mol. The van der Waals surface area contributed by atoms with Gasteiger partial charge in [-0.05, 0) is 37.7 Å². The third-order valence-corrected chi connectivity index (χ3v) is 7.63. The zero-order valence-electron chi connectivity index (χ0n) is 20.5. The maximum atomic E-state index is 13.6. The minimum atomic E-state index is -0.665. The molecule has 3 amide bonds. The topological polar surface area (TPSA) is 97.0 Å². The average Bonchev–Trinajstić information content (AvgIpc) is 2.87. The third-order valence-electron chi connectivity index (χ3n) is 7.63. The van der Waals surface area contributed by atoms with E-state index in [1.54, 1.807) is 0 Å². The Bertz CT molecular complexity index is 913. The van der Waals surface area contributed by atoms with Gasteiger partial charge < -0.3 is 25.0 Å². The van der Waals surface area contributed by atoms with Crippen molar-refractivity contribution < 1.29 is 23.9 Å². The van der Waals surface area contributed by atoms with Crippen LogP contribution < -0.4 is 10.6 Å². The standard InChI is InChI=1S/C27H37N3O5/c1-34-19-24(31)30-14-10-22-21(18-30)9-5-6-11-27(12-15-35-16-13-27)26(33)29-23(25(32)28-22)17-20-7-3-2-4-8-20/h2-8,21-23H,9-19H2,1H3,(H,28,32)(H,29,33)/b6-5+/t21-,22+,23-/m1/s1. The van der Waals surface area contributed by atoms with E-state index >= 15 is 0 Å². The van der Waals surface area contributed by atoms with Gasteiger partial charge in [-0.3, -0.25) is 14.4 Å². The number of allylic oxidation sites excluding steroid dienone is 2. The van der Waals surface area contributed by atoms with Crippen molar-refractivity contribution in [1.82, 2.24) is 15.5 Å². The van der Waals surface area contributed by atoms with Crippen LogP contribution in [0.4, 0.5) is 0 Å². The highest BCUT2D eigenvalue weighted by atomic mass is 16.5. The summed E-state index contributed by atoms with van der Waals surface area (Å²) in [5.74, 6) is -0.162. The number of rotatable bonds is 4. The van der Waals surface area contributed by atoms with Gasteiger partial charge in [0.1, 0.15) is 12.6 Å². The minimum absolute atomic E-state index is 0.0252. The first-order valence-electron chi connectivity index (χ1n) is 12.7. The number of nitrogens with one attached hydrogen (secondary N) is 2. The largest absolute Gasteiger partial charge is 0.381 e. The lowest BCUT2D eigenvalue weighted by Gasteiger charge is -2.40. The lowest BCUT2D eigenvalue weighted by atomic mass is 9.75. The highest BCUT2D eigenvalue weighted by Crippen LogP contribution is 2.36. The molecule has 3 aliphatic rings. The van der Waals surface area contributed by atoms with Crippen LogP contribution >= 0.6 is 0 Å². The van der Waals surface area contributed by atoms with Crippen LogP contribution in [0.3, 0.4) is 0 Å². The van der Waals surface area contributed by atoms with Gasteiger partial charge in [0.15, 0.2) is 0 Å². The Balaban J connectivity index is 1.59. The molecule has 0 radical (unpaired) electrons. The molecule has 35 heavy (non-hydrogen) atoms. The van der Waals surface area contributed by atoms with E-state index in [2.05, 4.69) is 22.8 Å². The predicted molar refractivity (Wildman–Crippen MR) is 131 cm³/mol. The normalized spacial score (nSPS) is 28.1. The van der Waals surface area contributed by atoms with Crippen LogP contribution in [0.5, 0.6) is 0 Å². The predicted octanol–water partition coefficient (Wildman–Crippen LogP) is 1.84. The van der Waals surface area contributed by atoms with Crippen molar-refractivity contribution in [3.63, 3.8) is 0 Å². The van der Waals surface area contributed by atoms with Gasteiger partial charge in [0.05, 0.1) is 5.41 Å². The van der Waals surface area contributed by atoms with Crippen LogP contribution in [0, 0.1) is 11.3 Å². The van der Waals surface area contributed by atoms with E-state index < -0.39 is 11.5 Å². The number of methoxy groups -OCH3 is 1. The van der Waals surface area contributed by atoms with E-state index in [0.29, 0.717) is 58.4 Å². The molecule has 1 spiro atoms. The second-order valence-electron chi connectivity index (χ2n) is 9.96. The molecule has 0 aromatic heterocycles. The van der Waals surface area contributed by atoms with Gasteiger partial charge in [-0.1, -0.05) is 42.5 Å². The fourth-order valence-corrected chi connectivity index (χ4v) is 5.42. The average molecular weight is 484 g/mol. The van der Waals surface area contributed by atoms with Gasteiger partial charge in [-0.15, -0.1) is 0 Å². The zero-order valence-corrected chi connectivity index (χ0v) is 20.5. The maximum Gasteiger partial charge on any atom is 0.248 e. The van der Waals surface area contributed by atoms with Gasteiger partial charge in [0.2, 0.25) is 17.7 Å². The summed E-state index contributed by atoms with van der Waals surface area (Å²) in [5, 5.41) is 6.34. The van der Waals surface area contributed by atoms with Crippen molar-refractivity contribution in [2.45, 2.75) is 50.6 Å². The molecule has 3 heterocycles. The second kappa shape index (κ2) is 11.8. The molecule has 0 bridgehead atoms. The number of piperidine rings is 1. The van der Waals surface area contributed by atoms with Crippen molar-refractivity contribution in [1.29, 1.82) is 0 Å². The lowest BCUT2D eigenvalue weighted by molar-refractivity contribution is -0.141. The van der Waals surface area contributed by atoms with Gasteiger partial charge >= 0.3 is 0 Å². The lowest BCUT2D eigenvalue weighted by Crippen LogP contribution is -2.58. The Labute approximate surface area is 207 Å². The smallest absolute Gasteiger partial charge is 0.248 e. The second-order valence-corrected chi connectivity index (χ2v) is 9.96. The van der Waals surface area contributed by atoms with Crippen molar-refractivity contribution in [3.05, 3.63) is 48.0 Å². The van der Waals surface area contributed by atoms with Crippen LogP contribution in [0.2, 0.25) is 0 Å². The molecule has 2 N–H and O–H groups in total. The molecule has 1 aromatic rings. The molecule has 0 unspecified atom stereocenters. The first kappa shape index (κ1) is 25.4. The number of likely N-dealkylation sites (tertiary alicyclic amines) is 1. The van der Waals surface area contributed by atoms with Gasteiger partial charge in [-0.2, -0.15) is 0 Å². The fraction of sp³-hybridized carbons (Fsp3) is 0.593.